The zero-order valence-electron chi connectivity index (χ0n) is 11.8. The fourth-order valence-corrected chi connectivity index (χ4v) is 1.97. The topological polar surface area (TPSA) is 40.5 Å². The number of benzene rings is 1. The minimum absolute atomic E-state index is 0.872. The van der Waals surface area contributed by atoms with Crippen molar-refractivity contribution in [3.63, 3.8) is 0 Å². The molecule has 0 saturated heterocycles. The van der Waals surface area contributed by atoms with Crippen molar-refractivity contribution in [1.82, 2.24) is 4.90 Å². The molecular formula is C16H23NO2. The second-order valence-electron chi connectivity index (χ2n) is 4.59. The number of unbranched alkanes of at least 4 members (excludes halogenated alkanes) is 1. The molecule has 0 amide bonds. The van der Waals surface area contributed by atoms with Gasteiger partial charge < -0.3 is 5.11 Å². The van der Waals surface area contributed by atoms with Gasteiger partial charge in [0, 0.05) is 12.6 Å². The fourth-order valence-electron chi connectivity index (χ4n) is 1.97. The molecule has 3 heteroatoms. The lowest BCUT2D eigenvalue weighted by molar-refractivity contribution is -0.131. The van der Waals surface area contributed by atoms with Gasteiger partial charge in [-0.1, -0.05) is 44.5 Å². The molecule has 0 spiro atoms. The number of hydrogen-bond acceptors (Lipinski definition) is 2. The van der Waals surface area contributed by atoms with Gasteiger partial charge in [0.15, 0.2) is 0 Å². The lowest BCUT2D eigenvalue weighted by Crippen LogP contribution is -2.24. The maximum atomic E-state index is 10.6. The number of carboxylic acid groups (broad SMARTS) is 1. The summed E-state index contributed by atoms with van der Waals surface area (Å²) in [6, 6.07) is 7.97. The average Bonchev–Trinajstić information content (AvgIpc) is 2.42. The number of nitrogens with zero attached hydrogens (tertiary/aromatic N) is 1. The maximum Gasteiger partial charge on any atom is 0.328 e. The first-order valence-corrected chi connectivity index (χ1v) is 6.88. The average molecular weight is 261 g/mol. The minimum Gasteiger partial charge on any atom is -0.478 e. The summed E-state index contributed by atoms with van der Waals surface area (Å²) < 4.78 is 0. The molecule has 0 fully saturated rings. The minimum atomic E-state index is -0.909. The van der Waals surface area contributed by atoms with Gasteiger partial charge in [0.25, 0.3) is 0 Å². The molecular weight excluding hydrogens is 238 g/mol. The molecule has 0 heterocycles. The zero-order chi connectivity index (χ0) is 14.1. The normalized spacial score (nSPS) is 11.3. The third-order valence-electron chi connectivity index (χ3n) is 3.13. The van der Waals surface area contributed by atoms with Crippen LogP contribution in [0.3, 0.4) is 0 Å². The van der Waals surface area contributed by atoms with Crippen molar-refractivity contribution in [3.8, 4) is 0 Å². The van der Waals surface area contributed by atoms with E-state index in [0.717, 1.165) is 25.2 Å². The Morgan fingerprint density at radius 2 is 2.05 bits per heavy atom. The Bertz CT molecular complexity index is 427. The summed E-state index contributed by atoms with van der Waals surface area (Å²) >= 11 is 0. The molecule has 0 aliphatic heterocycles. The van der Waals surface area contributed by atoms with Crippen LogP contribution in [0.5, 0.6) is 0 Å². The summed E-state index contributed by atoms with van der Waals surface area (Å²) in [5.41, 5.74) is 2.16. The summed E-state index contributed by atoms with van der Waals surface area (Å²) in [4.78, 5) is 13.0. The Morgan fingerprint density at radius 3 is 2.68 bits per heavy atom. The molecule has 3 nitrogen and oxygen atoms in total. The van der Waals surface area contributed by atoms with Crippen LogP contribution in [0.25, 0.3) is 6.08 Å². The molecule has 1 aromatic carbocycles. The SMILES string of the molecule is CCCCN(CC)Cc1ccccc1/C=C/C(=O)O. The molecule has 0 saturated carbocycles. The van der Waals surface area contributed by atoms with E-state index in [1.807, 2.05) is 18.2 Å². The van der Waals surface area contributed by atoms with E-state index < -0.39 is 5.97 Å². The second kappa shape index (κ2) is 8.48. The standard InChI is InChI=1S/C16H23NO2/c1-3-5-12-17(4-2)13-15-9-7-6-8-14(15)10-11-16(18)19/h6-11H,3-5,12-13H2,1-2H3,(H,18,19)/b11-10+. The molecule has 0 aromatic heterocycles. The molecule has 104 valence electrons. The van der Waals surface area contributed by atoms with Crippen molar-refractivity contribution >= 4 is 12.0 Å². The van der Waals surface area contributed by atoms with E-state index in [1.165, 1.54) is 24.5 Å². The van der Waals surface area contributed by atoms with Gasteiger partial charge in [0.05, 0.1) is 0 Å². The highest BCUT2D eigenvalue weighted by Gasteiger charge is 2.05. The Morgan fingerprint density at radius 1 is 1.32 bits per heavy atom. The monoisotopic (exact) mass is 261 g/mol. The predicted octanol–water partition coefficient (Wildman–Crippen LogP) is 3.41. The Balaban J connectivity index is 2.78. The first kappa shape index (κ1) is 15.4. The molecule has 1 aromatic rings. The van der Waals surface area contributed by atoms with Crippen LogP contribution in [0.4, 0.5) is 0 Å². The predicted molar refractivity (Wildman–Crippen MR) is 79.0 cm³/mol. The van der Waals surface area contributed by atoms with Gasteiger partial charge in [-0.05, 0) is 36.7 Å². The maximum absolute atomic E-state index is 10.6. The summed E-state index contributed by atoms with van der Waals surface area (Å²) in [6.45, 7) is 7.32. The number of aliphatic carboxylic acids is 1. The largest absolute Gasteiger partial charge is 0.478 e. The third kappa shape index (κ3) is 5.71. The van der Waals surface area contributed by atoms with E-state index >= 15 is 0 Å². The molecule has 1 N–H and O–H groups in total. The van der Waals surface area contributed by atoms with Crippen LogP contribution < -0.4 is 0 Å². The van der Waals surface area contributed by atoms with Crippen LogP contribution in [0.15, 0.2) is 30.3 Å². The van der Waals surface area contributed by atoms with E-state index in [-0.39, 0.29) is 0 Å². The van der Waals surface area contributed by atoms with Gasteiger partial charge in [-0.15, -0.1) is 0 Å². The van der Waals surface area contributed by atoms with Crippen LogP contribution in [0.1, 0.15) is 37.8 Å². The molecule has 0 aliphatic rings. The van der Waals surface area contributed by atoms with Crippen molar-refractivity contribution < 1.29 is 9.90 Å². The van der Waals surface area contributed by atoms with Crippen molar-refractivity contribution in [2.24, 2.45) is 0 Å². The Labute approximate surface area is 115 Å². The fraction of sp³-hybridized carbons (Fsp3) is 0.438. The molecule has 0 unspecified atom stereocenters. The summed E-state index contributed by atoms with van der Waals surface area (Å²) in [5, 5.41) is 8.71. The highest BCUT2D eigenvalue weighted by atomic mass is 16.4. The van der Waals surface area contributed by atoms with Gasteiger partial charge in [0.2, 0.25) is 0 Å². The smallest absolute Gasteiger partial charge is 0.328 e. The first-order valence-electron chi connectivity index (χ1n) is 6.88. The second-order valence-corrected chi connectivity index (χ2v) is 4.59. The summed E-state index contributed by atoms with van der Waals surface area (Å²) in [7, 11) is 0. The Kier molecular flexibility index (Phi) is 6.90. The van der Waals surface area contributed by atoms with Gasteiger partial charge >= 0.3 is 5.97 Å². The van der Waals surface area contributed by atoms with Crippen LogP contribution in [-0.2, 0) is 11.3 Å². The molecule has 0 atom stereocenters. The van der Waals surface area contributed by atoms with E-state index in [4.69, 9.17) is 5.11 Å². The number of carbonyl (C=O) groups is 1. The lowest BCUT2D eigenvalue weighted by Gasteiger charge is -2.21. The van der Waals surface area contributed by atoms with Crippen molar-refractivity contribution in [2.75, 3.05) is 13.1 Å². The van der Waals surface area contributed by atoms with Crippen molar-refractivity contribution in [2.45, 2.75) is 33.2 Å². The quantitative estimate of drug-likeness (QED) is 0.729. The third-order valence-corrected chi connectivity index (χ3v) is 3.13. The summed E-state index contributed by atoms with van der Waals surface area (Å²) in [6.07, 6.45) is 5.25. The number of rotatable bonds is 8. The van der Waals surface area contributed by atoms with Gasteiger partial charge in [-0.25, -0.2) is 4.79 Å². The van der Waals surface area contributed by atoms with Gasteiger partial charge in [-0.2, -0.15) is 0 Å². The highest BCUT2D eigenvalue weighted by Crippen LogP contribution is 2.14. The molecule has 0 aliphatic carbocycles. The number of hydrogen-bond donors (Lipinski definition) is 1. The van der Waals surface area contributed by atoms with E-state index in [0.29, 0.717) is 0 Å². The van der Waals surface area contributed by atoms with Crippen molar-refractivity contribution in [3.05, 3.63) is 41.5 Å². The van der Waals surface area contributed by atoms with E-state index in [9.17, 15) is 4.79 Å². The molecule has 0 radical (unpaired) electrons. The first-order chi connectivity index (χ1) is 9.17. The summed E-state index contributed by atoms with van der Waals surface area (Å²) in [5.74, 6) is -0.909. The van der Waals surface area contributed by atoms with Gasteiger partial charge in [0.1, 0.15) is 0 Å². The van der Waals surface area contributed by atoms with Crippen LogP contribution in [0.2, 0.25) is 0 Å². The highest BCUT2D eigenvalue weighted by molar-refractivity contribution is 5.85. The molecule has 0 bridgehead atoms. The van der Waals surface area contributed by atoms with Crippen LogP contribution in [-0.4, -0.2) is 29.1 Å². The van der Waals surface area contributed by atoms with E-state index in [2.05, 4.69) is 24.8 Å². The number of carboxylic acids is 1. The van der Waals surface area contributed by atoms with Crippen LogP contribution in [0, 0.1) is 0 Å². The Hall–Kier alpha value is -1.61. The lowest BCUT2D eigenvalue weighted by atomic mass is 10.1. The van der Waals surface area contributed by atoms with Gasteiger partial charge in [-0.3, -0.25) is 4.90 Å². The van der Waals surface area contributed by atoms with Crippen LogP contribution >= 0.6 is 0 Å². The van der Waals surface area contributed by atoms with E-state index in [1.54, 1.807) is 6.08 Å². The zero-order valence-corrected chi connectivity index (χ0v) is 11.8. The van der Waals surface area contributed by atoms with Crippen molar-refractivity contribution in [1.29, 1.82) is 0 Å². The molecule has 19 heavy (non-hydrogen) atoms. The molecule has 1 rings (SSSR count).